The topological polar surface area (TPSA) is 47.6 Å². The van der Waals surface area contributed by atoms with Crippen LogP contribution < -0.4 is 14.8 Å². The van der Waals surface area contributed by atoms with Gasteiger partial charge in [0.1, 0.15) is 5.82 Å². The normalized spacial score (nSPS) is 10.3. The Kier molecular flexibility index (Phi) is 6.44. The van der Waals surface area contributed by atoms with Crippen LogP contribution in [-0.2, 0) is 0 Å². The summed E-state index contributed by atoms with van der Waals surface area (Å²) in [4.78, 5) is 12.4. The number of benzene rings is 2. The second kappa shape index (κ2) is 8.55. The predicted molar refractivity (Wildman–Crippen MR) is 92.8 cm³/mol. The smallest absolute Gasteiger partial charge is 0.255 e. The minimum atomic E-state index is -0.427. The highest BCUT2D eigenvalue weighted by Gasteiger charge is 2.16. The zero-order valence-corrected chi connectivity index (χ0v) is 14.3. The van der Waals surface area contributed by atoms with Crippen molar-refractivity contribution >= 4 is 23.2 Å². The maximum atomic E-state index is 13.2. The fourth-order valence-electron chi connectivity index (χ4n) is 2.08. The minimum Gasteiger partial charge on any atom is -0.490 e. The largest absolute Gasteiger partial charge is 0.490 e. The van der Waals surface area contributed by atoms with Crippen molar-refractivity contribution in [2.75, 3.05) is 18.5 Å². The average Bonchev–Trinajstić information content (AvgIpc) is 2.54. The summed E-state index contributed by atoms with van der Waals surface area (Å²) < 4.78 is 24.3. The van der Waals surface area contributed by atoms with Gasteiger partial charge in [0, 0.05) is 11.3 Å². The maximum Gasteiger partial charge on any atom is 0.255 e. The number of carbonyl (C=O) groups excluding carboxylic acids is 1. The van der Waals surface area contributed by atoms with Gasteiger partial charge in [0.15, 0.2) is 11.5 Å². The Labute approximate surface area is 145 Å². The van der Waals surface area contributed by atoms with E-state index in [4.69, 9.17) is 21.1 Å². The Hall–Kier alpha value is -2.27. The summed E-state index contributed by atoms with van der Waals surface area (Å²) in [7, 11) is 0. The lowest BCUT2D eigenvalue weighted by Gasteiger charge is -2.15. The highest BCUT2D eigenvalue weighted by molar-refractivity contribution is 6.32. The molecule has 0 bridgehead atoms. The molecule has 6 heteroatoms. The number of nitrogens with one attached hydrogen (secondary N) is 1. The molecule has 0 radical (unpaired) electrons. The van der Waals surface area contributed by atoms with E-state index in [9.17, 15) is 9.18 Å². The summed E-state index contributed by atoms with van der Waals surface area (Å²) in [5, 5.41) is 2.91. The lowest BCUT2D eigenvalue weighted by Crippen LogP contribution is -2.13. The van der Waals surface area contributed by atoms with Gasteiger partial charge in [-0.25, -0.2) is 4.39 Å². The number of amides is 1. The van der Waals surface area contributed by atoms with Gasteiger partial charge in [-0.15, -0.1) is 0 Å². The third-order valence-electron chi connectivity index (χ3n) is 3.10. The van der Waals surface area contributed by atoms with Crippen LogP contribution in [0.3, 0.4) is 0 Å². The van der Waals surface area contributed by atoms with E-state index in [-0.39, 0.29) is 0 Å². The molecule has 2 aromatic rings. The van der Waals surface area contributed by atoms with Crippen molar-refractivity contribution < 1.29 is 18.7 Å². The number of halogens is 2. The van der Waals surface area contributed by atoms with E-state index < -0.39 is 11.7 Å². The van der Waals surface area contributed by atoms with Gasteiger partial charge in [0.25, 0.3) is 5.91 Å². The van der Waals surface area contributed by atoms with Crippen LogP contribution in [-0.4, -0.2) is 19.1 Å². The molecule has 128 valence electrons. The molecule has 4 nitrogen and oxygen atoms in total. The number of ether oxygens (including phenoxy) is 2. The van der Waals surface area contributed by atoms with Gasteiger partial charge in [-0.2, -0.15) is 0 Å². The van der Waals surface area contributed by atoms with E-state index in [1.165, 1.54) is 24.3 Å². The predicted octanol–water partition coefficient (Wildman–Crippen LogP) is 4.92. The second-order valence-electron chi connectivity index (χ2n) is 5.03. The fraction of sp³-hybridized carbons (Fsp3) is 0.278. The first-order chi connectivity index (χ1) is 11.5. The molecule has 0 heterocycles. The van der Waals surface area contributed by atoms with Crippen molar-refractivity contribution in [3.05, 3.63) is 52.8 Å². The molecule has 0 atom stereocenters. The van der Waals surface area contributed by atoms with E-state index in [0.29, 0.717) is 41.0 Å². The first-order valence-corrected chi connectivity index (χ1v) is 8.09. The lowest BCUT2D eigenvalue weighted by molar-refractivity contribution is 0.102. The van der Waals surface area contributed by atoms with Crippen molar-refractivity contribution in [1.82, 2.24) is 0 Å². The van der Waals surface area contributed by atoms with Gasteiger partial charge in [0.2, 0.25) is 0 Å². The zero-order chi connectivity index (χ0) is 17.5. The van der Waals surface area contributed by atoms with Crippen molar-refractivity contribution in [2.45, 2.75) is 20.3 Å². The van der Waals surface area contributed by atoms with Crippen LogP contribution in [0.25, 0.3) is 0 Å². The molecule has 0 saturated heterocycles. The van der Waals surface area contributed by atoms with Crippen LogP contribution in [0.5, 0.6) is 11.5 Å². The number of hydrogen-bond donors (Lipinski definition) is 1. The average molecular weight is 352 g/mol. The molecule has 2 rings (SSSR count). The number of rotatable bonds is 7. The van der Waals surface area contributed by atoms with E-state index in [1.807, 2.05) is 13.8 Å². The van der Waals surface area contributed by atoms with Crippen LogP contribution in [0.15, 0.2) is 36.4 Å². The summed E-state index contributed by atoms with van der Waals surface area (Å²) in [6.45, 7) is 4.72. The highest BCUT2D eigenvalue weighted by atomic mass is 35.5. The Morgan fingerprint density at radius 1 is 1.21 bits per heavy atom. The molecule has 24 heavy (non-hydrogen) atoms. The molecule has 0 aliphatic heterocycles. The summed E-state index contributed by atoms with van der Waals surface area (Å²) in [6.07, 6.45) is 0.823. The Bertz CT molecular complexity index is 721. The third-order valence-corrected chi connectivity index (χ3v) is 3.39. The van der Waals surface area contributed by atoms with Gasteiger partial charge < -0.3 is 14.8 Å². The first kappa shape index (κ1) is 18.1. The minimum absolute atomic E-state index is 0.291. The van der Waals surface area contributed by atoms with Crippen molar-refractivity contribution in [1.29, 1.82) is 0 Å². The number of hydrogen-bond acceptors (Lipinski definition) is 3. The molecular formula is C18H19ClFNO3. The summed E-state index contributed by atoms with van der Waals surface area (Å²) in [5.41, 5.74) is 0.664. The fourth-order valence-corrected chi connectivity index (χ4v) is 2.34. The Morgan fingerprint density at radius 3 is 2.67 bits per heavy atom. The summed E-state index contributed by atoms with van der Waals surface area (Å²) in [6, 6.07) is 8.73. The van der Waals surface area contributed by atoms with Crippen molar-refractivity contribution in [3.63, 3.8) is 0 Å². The van der Waals surface area contributed by atoms with Crippen molar-refractivity contribution in [3.8, 4) is 11.5 Å². The molecule has 0 aliphatic rings. The van der Waals surface area contributed by atoms with Gasteiger partial charge >= 0.3 is 0 Å². The van der Waals surface area contributed by atoms with E-state index in [0.717, 1.165) is 6.42 Å². The van der Waals surface area contributed by atoms with Gasteiger partial charge in [0.05, 0.1) is 18.2 Å². The van der Waals surface area contributed by atoms with E-state index in [1.54, 1.807) is 12.1 Å². The van der Waals surface area contributed by atoms with Gasteiger partial charge in [-0.1, -0.05) is 24.6 Å². The molecule has 0 spiro atoms. The van der Waals surface area contributed by atoms with Crippen molar-refractivity contribution in [2.24, 2.45) is 0 Å². The van der Waals surface area contributed by atoms with Crippen LogP contribution in [0.4, 0.5) is 10.1 Å². The quantitative estimate of drug-likeness (QED) is 0.770. The molecule has 0 fully saturated rings. The van der Waals surface area contributed by atoms with E-state index in [2.05, 4.69) is 5.32 Å². The SMILES string of the molecule is CCCOc1c(Cl)cc(C(=O)Nc2cccc(F)c2)cc1OCC. The first-order valence-electron chi connectivity index (χ1n) is 7.71. The van der Waals surface area contributed by atoms with E-state index >= 15 is 0 Å². The molecule has 1 amide bonds. The molecule has 0 unspecified atom stereocenters. The maximum absolute atomic E-state index is 13.2. The Morgan fingerprint density at radius 2 is 2.00 bits per heavy atom. The Balaban J connectivity index is 2.27. The molecule has 0 aromatic heterocycles. The molecule has 2 aromatic carbocycles. The summed E-state index contributed by atoms with van der Waals surface area (Å²) >= 11 is 6.23. The van der Waals surface area contributed by atoms with Gasteiger partial charge in [-0.3, -0.25) is 4.79 Å². The number of carbonyl (C=O) groups is 1. The zero-order valence-electron chi connectivity index (χ0n) is 13.6. The molecule has 0 saturated carbocycles. The molecular weight excluding hydrogens is 333 g/mol. The van der Waals surface area contributed by atoms with Crippen LogP contribution in [0, 0.1) is 5.82 Å². The monoisotopic (exact) mass is 351 g/mol. The highest BCUT2D eigenvalue weighted by Crippen LogP contribution is 2.37. The van der Waals surface area contributed by atoms with Crippen LogP contribution >= 0.6 is 11.6 Å². The molecule has 1 N–H and O–H groups in total. The van der Waals surface area contributed by atoms with Gasteiger partial charge in [-0.05, 0) is 43.7 Å². The van der Waals surface area contributed by atoms with Crippen LogP contribution in [0.1, 0.15) is 30.6 Å². The van der Waals surface area contributed by atoms with Crippen LogP contribution in [0.2, 0.25) is 5.02 Å². The second-order valence-corrected chi connectivity index (χ2v) is 5.44. The number of anilines is 1. The standard InChI is InChI=1S/C18H19ClFNO3/c1-3-8-24-17-15(19)9-12(10-16(17)23-4-2)18(22)21-14-7-5-6-13(20)11-14/h5-7,9-11H,3-4,8H2,1-2H3,(H,21,22). The molecule has 0 aliphatic carbocycles. The summed E-state index contributed by atoms with van der Waals surface area (Å²) in [5.74, 6) is -0.0137. The lowest BCUT2D eigenvalue weighted by atomic mass is 10.1. The third kappa shape index (κ3) is 4.61.